The van der Waals surface area contributed by atoms with E-state index in [-0.39, 0.29) is 12.3 Å². The normalized spacial score (nSPS) is 29.6. The van der Waals surface area contributed by atoms with Crippen LogP contribution in [0.4, 0.5) is 0 Å². The molecule has 0 unspecified atom stereocenters. The lowest BCUT2D eigenvalue weighted by molar-refractivity contribution is -0.270. The van der Waals surface area contributed by atoms with Gasteiger partial charge >= 0.3 is 0 Å². The third-order valence-electron chi connectivity index (χ3n) is 4.56. The molecule has 0 bridgehead atoms. The lowest BCUT2D eigenvalue weighted by atomic mass is 9.97. The Bertz CT molecular complexity index is 367. The van der Waals surface area contributed by atoms with E-state index in [4.69, 9.17) is 9.47 Å². The van der Waals surface area contributed by atoms with Crippen molar-refractivity contribution in [3.8, 4) is 0 Å². The van der Waals surface area contributed by atoms with Crippen LogP contribution in [0.3, 0.4) is 0 Å². The topological polar surface area (TPSA) is 108 Å². The van der Waals surface area contributed by atoms with Gasteiger partial charge in [-0.25, -0.2) is 0 Å². The summed E-state index contributed by atoms with van der Waals surface area (Å²) in [5.41, 5.74) is 0. The molecule has 0 aliphatic carbocycles. The number of hydrogen-bond donors (Lipinski definition) is 4. The van der Waals surface area contributed by atoms with Gasteiger partial charge < -0.3 is 30.1 Å². The zero-order valence-electron chi connectivity index (χ0n) is 15.5. The van der Waals surface area contributed by atoms with E-state index in [2.05, 4.69) is 12.2 Å². The summed E-state index contributed by atoms with van der Waals surface area (Å²) in [6, 6.07) is -0.852. The molecule has 5 atom stereocenters. The van der Waals surface area contributed by atoms with Crippen molar-refractivity contribution in [3.05, 3.63) is 0 Å². The molecule has 25 heavy (non-hydrogen) atoms. The number of carbonyl (C=O) groups is 1. The predicted molar refractivity (Wildman–Crippen MR) is 93.9 cm³/mol. The van der Waals surface area contributed by atoms with E-state index >= 15 is 0 Å². The van der Waals surface area contributed by atoms with Crippen LogP contribution in [-0.2, 0) is 14.3 Å². The summed E-state index contributed by atoms with van der Waals surface area (Å²) in [6.07, 6.45) is 3.98. The number of ether oxygens (including phenoxy) is 2. The van der Waals surface area contributed by atoms with E-state index in [0.717, 1.165) is 19.3 Å². The van der Waals surface area contributed by atoms with Crippen LogP contribution in [0, 0.1) is 0 Å². The van der Waals surface area contributed by atoms with Crippen LogP contribution in [0.2, 0.25) is 0 Å². The van der Waals surface area contributed by atoms with Crippen LogP contribution in [0.25, 0.3) is 0 Å². The first kappa shape index (κ1) is 22.3. The van der Waals surface area contributed by atoms with E-state index in [9.17, 15) is 20.1 Å². The molecule has 7 heteroatoms. The maximum absolute atomic E-state index is 11.7. The summed E-state index contributed by atoms with van der Waals surface area (Å²) in [5, 5.41) is 32.1. The molecule has 0 saturated carbocycles. The fourth-order valence-electron chi connectivity index (χ4n) is 2.92. The molecule has 0 spiro atoms. The molecule has 1 fully saturated rings. The maximum Gasteiger partial charge on any atom is 0.220 e. The Labute approximate surface area is 150 Å². The molecule has 0 aromatic rings. The second kappa shape index (κ2) is 12.6. The van der Waals surface area contributed by atoms with Gasteiger partial charge in [0.25, 0.3) is 0 Å². The van der Waals surface area contributed by atoms with E-state index in [1.165, 1.54) is 25.7 Å². The van der Waals surface area contributed by atoms with Gasteiger partial charge in [-0.2, -0.15) is 0 Å². The minimum Gasteiger partial charge on any atom is -0.394 e. The number of carbonyl (C=O) groups excluding carboxylic acids is 1. The lowest BCUT2D eigenvalue weighted by Gasteiger charge is -2.42. The van der Waals surface area contributed by atoms with Gasteiger partial charge in [0.1, 0.15) is 24.4 Å². The van der Waals surface area contributed by atoms with E-state index in [1.807, 2.05) is 0 Å². The summed E-state index contributed by atoms with van der Waals surface area (Å²) in [7, 11) is 0. The summed E-state index contributed by atoms with van der Waals surface area (Å²) in [4.78, 5) is 11.7. The quantitative estimate of drug-likeness (QED) is 0.388. The van der Waals surface area contributed by atoms with E-state index in [0.29, 0.717) is 6.61 Å². The second-order valence-electron chi connectivity index (χ2n) is 6.65. The van der Waals surface area contributed by atoms with Crippen molar-refractivity contribution in [2.45, 2.75) is 95.9 Å². The smallest absolute Gasteiger partial charge is 0.220 e. The Morgan fingerprint density at radius 2 is 1.68 bits per heavy atom. The number of amides is 1. The molecule has 1 rings (SSSR count). The number of rotatable bonds is 12. The maximum atomic E-state index is 11.7. The van der Waals surface area contributed by atoms with E-state index < -0.39 is 37.3 Å². The first-order valence-corrected chi connectivity index (χ1v) is 9.58. The highest BCUT2D eigenvalue weighted by molar-refractivity contribution is 5.76. The fraction of sp³-hybridized carbons (Fsp3) is 0.944. The van der Waals surface area contributed by atoms with Crippen molar-refractivity contribution in [1.29, 1.82) is 0 Å². The summed E-state index contributed by atoms with van der Waals surface area (Å²) in [5.74, 6) is -0.258. The van der Waals surface area contributed by atoms with Gasteiger partial charge in [-0.15, -0.1) is 0 Å². The molecular weight excluding hydrogens is 326 g/mol. The first-order chi connectivity index (χ1) is 12.0. The SMILES string of the molecule is CCCCCCCCCO[C@@H]1O[C@H](CO)[C@@H](O)[C@H](O)[C@H]1NC(=O)CC. The highest BCUT2D eigenvalue weighted by Gasteiger charge is 2.45. The highest BCUT2D eigenvalue weighted by atomic mass is 16.7. The minimum absolute atomic E-state index is 0.257. The van der Waals surface area contributed by atoms with Gasteiger partial charge in [-0.1, -0.05) is 52.4 Å². The molecule has 148 valence electrons. The average Bonchev–Trinajstić information content (AvgIpc) is 2.62. The van der Waals surface area contributed by atoms with Crippen molar-refractivity contribution >= 4 is 5.91 Å². The number of hydrogen-bond acceptors (Lipinski definition) is 6. The third-order valence-corrected chi connectivity index (χ3v) is 4.56. The highest BCUT2D eigenvalue weighted by Crippen LogP contribution is 2.22. The number of unbranched alkanes of at least 4 members (excludes halogenated alkanes) is 6. The first-order valence-electron chi connectivity index (χ1n) is 9.58. The molecule has 0 radical (unpaired) electrons. The largest absolute Gasteiger partial charge is 0.394 e. The monoisotopic (exact) mass is 361 g/mol. The number of aliphatic hydroxyl groups excluding tert-OH is 3. The van der Waals surface area contributed by atoms with Gasteiger partial charge in [0.05, 0.1) is 6.61 Å². The van der Waals surface area contributed by atoms with Gasteiger partial charge in [-0.3, -0.25) is 4.79 Å². The molecule has 1 heterocycles. The van der Waals surface area contributed by atoms with Crippen LogP contribution in [-0.4, -0.2) is 65.1 Å². The van der Waals surface area contributed by atoms with Crippen LogP contribution in [0.5, 0.6) is 0 Å². The Morgan fingerprint density at radius 3 is 2.28 bits per heavy atom. The zero-order chi connectivity index (χ0) is 18.7. The molecule has 1 amide bonds. The number of nitrogens with one attached hydrogen (secondary N) is 1. The standard InChI is InChI=1S/C18H35NO6/c1-3-5-6-7-8-9-10-11-24-18-15(19-14(21)4-2)17(23)16(22)13(12-20)25-18/h13,15-18,20,22-23H,3-12H2,1-2H3,(H,19,21)/t13-,15-,16-,17-,18-/m1/s1. The van der Waals surface area contributed by atoms with Crippen LogP contribution in [0.1, 0.15) is 65.2 Å². The van der Waals surface area contributed by atoms with Gasteiger partial charge in [0.2, 0.25) is 5.91 Å². The Balaban J connectivity index is 2.43. The molecule has 4 N–H and O–H groups in total. The van der Waals surface area contributed by atoms with Gasteiger partial charge in [0, 0.05) is 13.0 Å². The summed E-state index contributed by atoms with van der Waals surface area (Å²) in [6.45, 7) is 3.91. The lowest BCUT2D eigenvalue weighted by Crippen LogP contribution is -2.64. The predicted octanol–water partition coefficient (Wildman–Crippen LogP) is 1.09. The Kier molecular flexibility index (Phi) is 11.2. The molecule has 1 aliphatic heterocycles. The average molecular weight is 361 g/mol. The van der Waals surface area contributed by atoms with Crippen molar-refractivity contribution in [3.63, 3.8) is 0 Å². The Morgan fingerprint density at radius 1 is 1.04 bits per heavy atom. The minimum atomic E-state index is -1.27. The molecule has 1 aliphatic rings. The molecule has 1 saturated heterocycles. The Hall–Kier alpha value is -0.730. The van der Waals surface area contributed by atoms with Crippen molar-refractivity contribution in [2.75, 3.05) is 13.2 Å². The molecular formula is C18H35NO6. The molecule has 0 aromatic heterocycles. The van der Waals surface area contributed by atoms with Crippen molar-refractivity contribution < 1.29 is 29.6 Å². The van der Waals surface area contributed by atoms with Crippen molar-refractivity contribution in [1.82, 2.24) is 5.32 Å². The second-order valence-corrected chi connectivity index (χ2v) is 6.65. The summed E-state index contributed by atoms with van der Waals surface area (Å²) < 4.78 is 11.2. The van der Waals surface area contributed by atoms with Crippen LogP contribution >= 0.6 is 0 Å². The van der Waals surface area contributed by atoms with Crippen LogP contribution in [0.15, 0.2) is 0 Å². The number of aliphatic hydroxyl groups is 3. The fourth-order valence-corrected chi connectivity index (χ4v) is 2.92. The van der Waals surface area contributed by atoms with Gasteiger partial charge in [0.15, 0.2) is 6.29 Å². The van der Waals surface area contributed by atoms with Crippen molar-refractivity contribution in [2.24, 2.45) is 0 Å². The third kappa shape index (κ3) is 7.58. The zero-order valence-corrected chi connectivity index (χ0v) is 15.5. The molecule has 0 aromatic carbocycles. The van der Waals surface area contributed by atoms with E-state index in [1.54, 1.807) is 6.92 Å². The summed E-state index contributed by atoms with van der Waals surface area (Å²) >= 11 is 0. The van der Waals surface area contributed by atoms with Crippen LogP contribution < -0.4 is 5.32 Å². The van der Waals surface area contributed by atoms with Gasteiger partial charge in [-0.05, 0) is 6.42 Å². The molecule has 7 nitrogen and oxygen atoms in total.